The first-order valence-electron chi connectivity index (χ1n) is 9.38. The summed E-state index contributed by atoms with van der Waals surface area (Å²) < 4.78 is 0. The van der Waals surface area contributed by atoms with Crippen molar-refractivity contribution in [3.63, 3.8) is 0 Å². The fourth-order valence-electron chi connectivity index (χ4n) is 3.99. The molecule has 1 nitrogen and oxygen atoms in total. The Labute approximate surface area is 159 Å². The van der Waals surface area contributed by atoms with E-state index in [1.807, 2.05) is 0 Å². The molecule has 1 aromatic heterocycles. The summed E-state index contributed by atoms with van der Waals surface area (Å²) in [6.07, 6.45) is 0. The summed E-state index contributed by atoms with van der Waals surface area (Å²) >= 11 is 0. The van der Waals surface area contributed by atoms with E-state index in [0.717, 1.165) is 0 Å². The minimum absolute atomic E-state index is 1.19. The molecule has 0 spiro atoms. The lowest BCUT2D eigenvalue weighted by Crippen LogP contribution is -1.88. The number of H-pyrrole nitrogens is 1. The molecule has 4 aromatic carbocycles. The monoisotopic (exact) mass is 347 g/mol. The highest BCUT2D eigenvalue weighted by Gasteiger charge is 2.09. The molecule has 5 rings (SSSR count). The highest BCUT2D eigenvalue weighted by Crippen LogP contribution is 2.34. The van der Waals surface area contributed by atoms with Gasteiger partial charge in [0.2, 0.25) is 0 Å². The van der Waals surface area contributed by atoms with Crippen LogP contribution >= 0.6 is 0 Å². The van der Waals surface area contributed by atoms with Crippen LogP contribution in [0.25, 0.3) is 44.1 Å². The van der Waals surface area contributed by atoms with Crippen molar-refractivity contribution in [2.75, 3.05) is 0 Å². The van der Waals surface area contributed by atoms with E-state index in [4.69, 9.17) is 0 Å². The molecule has 0 bridgehead atoms. The van der Waals surface area contributed by atoms with Crippen LogP contribution in [0.15, 0.2) is 84.9 Å². The Morgan fingerprint density at radius 3 is 2.07 bits per heavy atom. The van der Waals surface area contributed by atoms with E-state index in [0.29, 0.717) is 0 Å². The highest BCUT2D eigenvalue weighted by atomic mass is 14.7. The van der Waals surface area contributed by atoms with Crippen molar-refractivity contribution in [2.45, 2.75) is 13.8 Å². The summed E-state index contributed by atoms with van der Waals surface area (Å²) in [7, 11) is 0. The van der Waals surface area contributed by atoms with Crippen LogP contribution in [-0.2, 0) is 0 Å². The average Bonchev–Trinajstić information content (AvgIpc) is 3.07. The summed E-state index contributed by atoms with van der Waals surface area (Å²) in [5.74, 6) is 0. The number of rotatable bonds is 2. The Morgan fingerprint density at radius 2 is 1.19 bits per heavy atom. The van der Waals surface area contributed by atoms with Gasteiger partial charge in [-0.1, -0.05) is 60.7 Å². The van der Waals surface area contributed by atoms with Gasteiger partial charge in [-0.3, -0.25) is 0 Å². The van der Waals surface area contributed by atoms with Crippen LogP contribution < -0.4 is 0 Å². The van der Waals surface area contributed by atoms with E-state index >= 15 is 0 Å². The summed E-state index contributed by atoms with van der Waals surface area (Å²) in [4.78, 5) is 3.51. The first-order chi connectivity index (χ1) is 13.2. The zero-order valence-corrected chi connectivity index (χ0v) is 15.6. The molecule has 0 unspecified atom stereocenters. The molecule has 1 N–H and O–H groups in total. The number of benzene rings is 4. The van der Waals surface area contributed by atoms with Gasteiger partial charge >= 0.3 is 0 Å². The summed E-state index contributed by atoms with van der Waals surface area (Å²) in [5.41, 5.74) is 10.1. The van der Waals surface area contributed by atoms with E-state index < -0.39 is 0 Å². The largest absolute Gasteiger partial charge is 0.355 e. The molecule has 1 heterocycles. The number of hydrogen-bond acceptors (Lipinski definition) is 0. The second-order valence-electron chi connectivity index (χ2n) is 7.28. The molecule has 27 heavy (non-hydrogen) atoms. The van der Waals surface area contributed by atoms with Crippen molar-refractivity contribution in [3.8, 4) is 22.3 Å². The van der Waals surface area contributed by atoms with Gasteiger partial charge in [-0.2, -0.15) is 0 Å². The van der Waals surface area contributed by atoms with E-state index in [1.165, 1.54) is 55.2 Å². The maximum atomic E-state index is 3.51. The van der Waals surface area contributed by atoms with Gasteiger partial charge in [-0.25, -0.2) is 0 Å². The topological polar surface area (TPSA) is 15.8 Å². The molecule has 0 aliphatic heterocycles. The fourth-order valence-corrected chi connectivity index (χ4v) is 3.99. The van der Waals surface area contributed by atoms with E-state index in [9.17, 15) is 0 Å². The number of hydrogen-bond donors (Lipinski definition) is 1. The summed E-state index contributed by atoms with van der Waals surface area (Å²) in [6, 6.07) is 30.6. The Morgan fingerprint density at radius 1 is 0.519 bits per heavy atom. The normalized spacial score (nSPS) is 11.3. The van der Waals surface area contributed by atoms with Crippen molar-refractivity contribution in [1.82, 2.24) is 4.98 Å². The molecule has 0 saturated carbocycles. The molecule has 0 radical (unpaired) electrons. The third-order valence-electron chi connectivity index (χ3n) is 5.51. The van der Waals surface area contributed by atoms with Crippen molar-refractivity contribution >= 4 is 21.8 Å². The smallest absolute Gasteiger partial charge is 0.0465 e. The number of aromatic amines is 1. The molecule has 5 aromatic rings. The quantitative estimate of drug-likeness (QED) is 0.345. The summed E-state index contributed by atoms with van der Waals surface area (Å²) in [6.45, 7) is 4.37. The average molecular weight is 347 g/mol. The van der Waals surface area contributed by atoms with Crippen molar-refractivity contribution in [1.29, 1.82) is 0 Å². The van der Waals surface area contributed by atoms with Crippen LogP contribution in [0.1, 0.15) is 11.1 Å². The fraction of sp³-hybridized carbons (Fsp3) is 0.0769. The standard InChI is InChI=1S/C26H21N/c1-17-7-3-4-8-21(17)23-15-19(12-11-18(23)2)20-13-14-26-24(16-20)22-9-5-6-10-25(22)27-26/h3-16,27H,1-2H3. The first kappa shape index (κ1) is 15.9. The van der Waals surface area contributed by atoms with E-state index in [1.54, 1.807) is 0 Å². The lowest BCUT2D eigenvalue weighted by atomic mass is 9.92. The Hall–Kier alpha value is -3.32. The Balaban J connectivity index is 1.70. The maximum absolute atomic E-state index is 3.51. The number of fused-ring (bicyclic) bond motifs is 3. The molecule has 0 amide bonds. The predicted molar refractivity (Wildman–Crippen MR) is 116 cm³/mol. The Bertz CT molecular complexity index is 1290. The number of aromatic nitrogens is 1. The lowest BCUT2D eigenvalue weighted by molar-refractivity contribution is 1.41. The van der Waals surface area contributed by atoms with Crippen LogP contribution in [0.2, 0.25) is 0 Å². The summed E-state index contributed by atoms with van der Waals surface area (Å²) in [5, 5.41) is 2.56. The van der Waals surface area contributed by atoms with Gasteiger partial charge in [0, 0.05) is 21.8 Å². The zero-order valence-electron chi connectivity index (χ0n) is 15.6. The van der Waals surface area contributed by atoms with Crippen molar-refractivity contribution in [3.05, 3.63) is 96.1 Å². The van der Waals surface area contributed by atoms with Crippen LogP contribution in [0.4, 0.5) is 0 Å². The first-order valence-corrected chi connectivity index (χ1v) is 9.38. The maximum Gasteiger partial charge on any atom is 0.0465 e. The van der Waals surface area contributed by atoms with Crippen LogP contribution in [0.5, 0.6) is 0 Å². The van der Waals surface area contributed by atoms with E-state index in [2.05, 4.69) is 104 Å². The third-order valence-corrected chi connectivity index (χ3v) is 5.51. The van der Waals surface area contributed by atoms with Crippen LogP contribution in [-0.4, -0.2) is 4.98 Å². The molecular formula is C26H21N. The number of para-hydroxylation sites is 1. The molecule has 130 valence electrons. The molecule has 0 saturated heterocycles. The predicted octanol–water partition coefficient (Wildman–Crippen LogP) is 7.27. The van der Waals surface area contributed by atoms with Gasteiger partial charge in [-0.15, -0.1) is 0 Å². The highest BCUT2D eigenvalue weighted by molar-refractivity contribution is 6.08. The van der Waals surface area contributed by atoms with Gasteiger partial charge in [0.1, 0.15) is 0 Å². The second-order valence-corrected chi connectivity index (χ2v) is 7.28. The minimum Gasteiger partial charge on any atom is -0.355 e. The minimum atomic E-state index is 1.19. The lowest BCUT2D eigenvalue weighted by Gasteiger charge is -2.12. The molecule has 0 fully saturated rings. The van der Waals surface area contributed by atoms with Gasteiger partial charge in [0.15, 0.2) is 0 Å². The SMILES string of the molecule is Cc1ccccc1-c1cc(-c2ccc3[nH]c4ccccc4c3c2)ccc1C. The van der Waals surface area contributed by atoms with Crippen LogP contribution in [0, 0.1) is 13.8 Å². The molecule has 0 aliphatic carbocycles. The van der Waals surface area contributed by atoms with Gasteiger partial charge in [0.05, 0.1) is 0 Å². The Kier molecular flexibility index (Phi) is 3.61. The van der Waals surface area contributed by atoms with Crippen LogP contribution in [0.3, 0.4) is 0 Å². The molecule has 1 heteroatoms. The number of aryl methyl sites for hydroxylation is 2. The van der Waals surface area contributed by atoms with E-state index in [-0.39, 0.29) is 0 Å². The molecule has 0 aliphatic rings. The molecular weight excluding hydrogens is 326 g/mol. The third kappa shape index (κ3) is 2.63. The van der Waals surface area contributed by atoms with Gasteiger partial charge in [0.25, 0.3) is 0 Å². The number of nitrogens with one attached hydrogen (secondary N) is 1. The van der Waals surface area contributed by atoms with Gasteiger partial charge in [-0.05, 0) is 71.5 Å². The van der Waals surface area contributed by atoms with Crippen molar-refractivity contribution in [2.24, 2.45) is 0 Å². The second kappa shape index (κ2) is 6.14. The zero-order chi connectivity index (χ0) is 18.4. The van der Waals surface area contributed by atoms with Crippen molar-refractivity contribution < 1.29 is 0 Å². The molecule has 0 atom stereocenters. The van der Waals surface area contributed by atoms with Gasteiger partial charge < -0.3 is 4.98 Å².